The predicted molar refractivity (Wildman–Crippen MR) is 53.2 cm³/mol. The number of carboxylic acids is 1. The minimum absolute atomic E-state index is 0.174. The van der Waals surface area contributed by atoms with Gasteiger partial charge in [-0.3, -0.25) is 4.79 Å². The number of carbonyl (C=O) groups is 1. The van der Waals surface area contributed by atoms with E-state index in [0.29, 0.717) is 0 Å². The number of hydrogen-bond donors (Lipinski definition) is 2. The molecule has 1 saturated heterocycles. The van der Waals surface area contributed by atoms with Crippen LogP contribution in [0.2, 0.25) is 0 Å². The largest absolute Gasteiger partial charge is 0.481 e. The van der Waals surface area contributed by atoms with Gasteiger partial charge < -0.3 is 10.4 Å². The predicted octanol–water partition coefficient (Wildman–Crippen LogP) is 1.00. The highest BCUT2D eigenvalue weighted by Gasteiger charge is 2.40. The quantitative estimate of drug-likeness (QED) is 0.749. The molecule has 1 aliphatic rings. The van der Waals surface area contributed by atoms with Crippen LogP contribution in [0, 0.1) is 0 Å². The fourth-order valence-electron chi connectivity index (χ4n) is 1.94. The van der Waals surface area contributed by atoms with Crippen molar-refractivity contribution in [2.75, 3.05) is 13.1 Å². The molecule has 0 radical (unpaired) electrons. The van der Waals surface area contributed by atoms with Crippen LogP contribution in [-0.4, -0.2) is 24.2 Å². The van der Waals surface area contributed by atoms with Crippen LogP contribution in [0.1, 0.15) is 12.0 Å². The number of hydrogen-bond acceptors (Lipinski definition) is 2. The van der Waals surface area contributed by atoms with E-state index in [1.165, 1.54) is 0 Å². The van der Waals surface area contributed by atoms with Crippen molar-refractivity contribution in [2.24, 2.45) is 0 Å². The van der Waals surface area contributed by atoms with Crippen LogP contribution in [0.4, 0.5) is 0 Å². The van der Waals surface area contributed by atoms with Crippen LogP contribution >= 0.6 is 0 Å². The Morgan fingerprint density at radius 3 is 2.43 bits per heavy atom. The standard InChI is InChI=1S/C11H13NO2/c13-10(14)6-11(7-12-8-11)9-4-2-1-3-5-9/h1-5,12H,6-8H2,(H,13,14). The normalized spacial score (nSPS) is 18.6. The van der Waals surface area contributed by atoms with Crippen LogP contribution in [0.3, 0.4) is 0 Å². The maximum absolute atomic E-state index is 10.8. The van der Waals surface area contributed by atoms with E-state index >= 15 is 0 Å². The Balaban J connectivity index is 2.25. The number of carboxylic acid groups (broad SMARTS) is 1. The van der Waals surface area contributed by atoms with E-state index in [-0.39, 0.29) is 11.8 Å². The molecular formula is C11H13NO2. The summed E-state index contributed by atoms with van der Waals surface area (Å²) in [6.45, 7) is 1.53. The Hall–Kier alpha value is -1.35. The molecule has 0 aliphatic carbocycles. The summed E-state index contributed by atoms with van der Waals surface area (Å²) in [5.74, 6) is -0.727. The minimum Gasteiger partial charge on any atom is -0.481 e. The van der Waals surface area contributed by atoms with E-state index < -0.39 is 5.97 Å². The molecule has 1 fully saturated rings. The van der Waals surface area contributed by atoms with Crippen LogP contribution in [-0.2, 0) is 10.2 Å². The summed E-state index contributed by atoms with van der Waals surface area (Å²) < 4.78 is 0. The number of benzene rings is 1. The summed E-state index contributed by atoms with van der Waals surface area (Å²) in [7, 11) is 0. The molecule has 1 aromatic rings. The lowest BCUT2D eigenvalue weighted by Crippen LogP contribution is -2.57. The molecule has 0 spiro atoms. The van der Waals surface area contributed by atoms with Gasteiger partial charge in [0.1, 0.15) is 0 Å². The van der Waals surface area contributed by atoms with Gasteiger partial charge in [0.05, 0.1) is 6.42 Å². The lowest BCUT2D eigenvalue weighted by atomic mass is 9.73. The molecule has 0 bridgehead atoms. The van der Waals surface area contributed by atoms with Crippen molar-refractivity contribution in [3.63, 3.8) is 0 Å². The van der Waals surface area contributed by atoms with Crippen molar-refractivity contribution >= 4 is 5.97 Å². The van der Waals surface area contributed by atoms with Crippen molar-refractivity contribution in [1.29, 1.82) is 0 Å². The molecule has 2 N–H and O–H groups in total. The van der Waals surface area contributed by atoms with Crippen LogP contribution in [0.25, 0.3) is 0 Å². The SMILES string of the molecule is O=C(O)CC1(c2ccccc2)CNC1. The zero-order chi connectivity index (χ0) is 10.0. The molecule has 3 nitrogen and oxygen atoms in total. The first-order valence-corrected chi connectivity index (χ1v) is 4.71. The molecule has 0 saturated carbocycles. The summed E-state index contributed by atoms with van der Waals surface area (Å²) in [5, 5.41) is 12.0. The number of nitrogens with one attached hydrogen (secondary N) is 1. The molecule has 74 valence electrons. The highest BCUT2D eigenvalue weighted by Crippen LogP contribution is 2.31. The molecule has 1 heterocycles. The van der Waals surface area contributed by atoms with E-state index in [0.717, 1.165) is 18.7 Å². The maximum atomic E-state index is 10.8. The zero-order valence-corrected chi connectivity index (χ0v) is 7.86. The van der Waals surface area contributed by atoms with Gasteiger partial charge in [-0.15, -0.1) is 0 Å². The van der Waals surface area contributed by atoms with Crippen LogP contribution < -0.4 is 5.32 Å². The fraction of sp³-hybridized carbons (Fsp3) is 0.364. The molecule has 0 amide bonds. The summed E-state index contributed by atoms with van der Waals surface area (Å²) >= 11 is 0. The van der Waals surface area contributed by atoms with Gasteiger partial charge in [0.15, 0.2) is 0 Å². The van der Waals surface area contributed by atoms with Gasteiger partial charge in [-0.25, -0.2) is 0 Å². The minimum atomic E-state index is -0.727. The Bertz CT molecular complexity index is 330. The van der Waals surface area contributed by atoms with E-state index in [9.17, 15) is 4.79 Å². The first-order chi connectivity index (χ1) is 6.73. The maximum Gasteiger partial charge on any atom is 0.304 e. The third-order valence-corrected chi connectivity index (χ3v) is 2.80. The number of aliphatic carboxylic acids is 1. The molecular weight excluding hydrogens is 178 g/mol. The van der Waals surface area contributed by atoms with Gasteiger partial charge >= 0.3 is 5.97 Å². The van der Waals surface area contributed by atoms with Crippen molar-refractivity contribution in [2.45, 2.75) is 11.8 Å². The molecule has 2 rings (SSSR count). The highest BCUT2D eigenvalue weighted by molar-refractivity contribution is 5.69. The monoisotopic (exact) mass is 191 g/mol. The third kappa shape index (κ3) is 1.51. The third-order valence-electron chi connectivity index (χ3n) is 2.80. The second kappa shape index (κ2) is 3.42. The summed E-state index contributed by atoms with van der Waals surface area (Å²) in [5.41, 5.74) is 0.953. The molecule has 3 heteroatoms. The topological polar surface area (TPSA) is 49.3 Å². The smallest absolute Gasteiger partial charge is 0.304 e. The number of rotatable bonds is 3. The molecule has 1 aliphatic heterocycles. The first-order valence-electron chi connectivity index (χ1n) is 4.71. The average Bonchev–Trinajstić information content (AvgIpc) is 2.12. The van der Waals surface area contributed by atoms with Crippen molar-refractivity contribution in [3.8, 4) is 0 Å². The van der Waals surface area contributed by atoms with Crippen LogP contribution in [0.5, 0.6) is 0 Å². The highest BCUT2D eigenvalue weighted by atomic mass is 16.4. The van der Waals surface area contributed by atoms with E-state index in [1.54, 1.807) is 0 Å². The first kappa shape index (κ1) is 9.21. The Morgan fingerprint density at radius 1 is 1.36 bits per heavy atom. The van der Waals surface area contributed by atoms with Crippen LogP contribution in [0.15, 0.2) is 30.3 Å². The van der Waals surface area contributed by atoms with Crippen molar-refractivity contribution in [1.82, 2.24) is 5.32 Å². The second-order valence-corrected chi connectivity index (χ2v) is 3.82. The fourth-order valence-corrected chi connectivity index (χ4v) is 1.94. The molecule has 1 aromatic carbocycles. The molecule has 0 aromatic heterocycles. The Kier molecular flexibility index (Phi) is 2.25. The molecule has 14 heavy (non-hydrogen) atoms. The van der Waals surface area contributed by atoms with E-state index in [1.807, 2.05) is 30.3 Å². The molecule has 0 atom stereocenters. The van der Waals surface area contributed by atoms with Gasteiger partial charge in [0.25, 0.3) is 0 Å². The van der Waals surface area contributed by atoms with Gasteiger partial charge in [-0.05, 0) is 5.56 Å². The van der Waals surface area contributed by atoms with Crippen molar-refractivity contribution in [3.05, 3.63) is 35.9 Å². The summed E-state index contributed by atoms with van der Waals surface area (Å²) in [6.07, 6.45) is 0.212. The summed E-state index contributed by atoms with van der Waals surface area (Å²) in [4.78, 5) is 10.8. The van der Waals surface area contributed by atoms with Gasteiger partial charge in [0, 0.05) is 18.5 Å². The Morgan fingerprint density at radius 2 is 2.00 bits per heavy atom. The second-order valence-electron chi connectivity index (χ2n) is 3.82. The average molecular weight is 191 g/mol. The lowest BCUT2D eigenvalue weighted by molar-refractivity contribution is -0.139. The molecule has 0 unspecified atom stereocenters. The van der Waals surface area contributed by atoms with Gasteiger partial charge in [-0.2, -0.15) is 0 Å². The van der Waals surface area contributed by atoms with E-state index in [4.69, 9.17) is 5.11 Å². The summed E-state index contributed by atoms with van der Waals surface area (Å²) in [6, 6.07) is 9.87. The Labute approximate surface area is 82.8 Å². The zero-order valence-electron chi connectivity index (χ0n) is 7.86. The van der Waals surface area contributed by atoms with E-state index in [2.05, 4.69) is 5.32 Å². The van der Waals surface area contributed by atoms with Gasteiger partial charge in [0.2, 0.25) is 0 Å². The van der Waals surface area contributed by atoms with Crippen molar-refractivity contribution < 1.29 is 9.90 Å². The van der Waals surface area contributed by atoms with Gasteiger partial charge in [-0.1, -0.05) is 30.3 Å². The lowest BCUT2D eigenvalue weighted by Gasteiger charge is -2.42.